The minimum Gasteiger partial charge on any atom is -0.328 e. The van der Waals surface area contributed by atoms with Gasteiger partial charge in [0.05, 0.1) is 0 Å². The van der Waals surface area contributed by atoms with Crippen LogP contribution in [0, 0.1) is 5.92 Å². The van der Waals surface area contributed by atoms with Crippen molar-refractivity contribution in [2.24, 2.45) is 11.7 Å². The van der Waals surface area contributed by atoms with Gasteiger partial charge in [0.2, 0.25) is 0 Å². The molecule has 2 aliphatic rings. The summed E-state index contributed by atoms with van der Waals surface area (Å²) >= 11 is 0. The summed E-state index contributed by atoms with van der Waals surface area (Å²) in [6.07, 6.45) is 6.62. The highest BCUT2D eigenvalue weighted by Crippen LogP contribution is 2.32. The largest absolute Gasteiger partial charge is 0.328 e. The first-order chi connectivity index (χ1) is 6.68. The molecule has 3 unspecified atom stereocenters. The lowest BCUT2D eigenvalue weighted by Gasteiger charge is -2.33. The Kier molecular flexibility index (Phi) is 3.13. The van der Waals surface area contributed by atoms with Crippen molar-refractivity contribution in [3.8, 4) is 0 Å². The molecule has 2 heteroatoms. The van der Waals surface area contributed by atoms with Crippen LogP contribution in [0.25, 0.3) is 0 Å². The van der Waals surface area contributed by atoms with Crippen molar-refractivity contribution in [1.29, 1.82) is 0 Å². The van der Waals surface area contributed by atoms with E-state index in [4.69, 9.17) is 5.73 Å². The maximum absolute atomic E-state index is 5.99. The highest BCUT2D eigenvalue weighted by atomic mass is 15.2. The molecule has 82 valence electrons. The molecular weight excluding hydrogens is 172 g/mol. The SMILES string of the molecule is CC(C)C1CCCN1C1CCC(N)C1. The van der Waals surface area contributed by atoms with Gasteiger partial charge in [-0.25, -0.2) is 0 Å². The topological polar surface area (TPSA) is 29.3 Å². The molecule has 0 aromatic heterocycles. The van der Waals surface area contributed by atoms with Crippen molar-refractivity contribution < 1.29 is 0 Å². The van der Waals surface area contributed by atoms with Crippen LogP contribution in [0.3, 0.4) is 0 Å². The summed E-state index contributed by atoms with van der Waals surface area (Å²) in [5.41, 5.74) is 5.99. The minimum absolute atomic E-state index is 0.480. The third kappa shape index (κ3) is 1.96. The summed E-state index contributed by atoms with van der Waals surface area (Å²) in [5.74, 6) is 0.814. The Morgan fingerprint density at radius 1 is 1.21 bits per heavy atom. The van der Waals surface area contributed by atoms with Gasteiger partial charge in [-0.2, -0.15) is 0 Å². The maximum atomic E-state index is 5.99. The molecule has 1 heterocycles. The van der Waals surface area contributed by atoms with Gasteiger partial charge in [0, 0.05) is 18.1 Å². The zero-order valence-electron chi connectivity index (χ0n) is 9.58. The van der Waals surface area contributed by atoms with Crippen molar-refractivity contribution in [2.75, 3.05) is 6.54 Å². The Balaban J connectivity index is 1.96. The van der Waals surface area contributed by atoms with E-state index in [0.29, 0.717) is 6.04 Å². The van der Waals surface area contributed by atoms with E-state index in [-0.39, 0.29) is 0 Å². The molecule has 0 aromatic carbocycles. The number of nitrogens with two attached hydrogens (primary N) is 1. The van der Waals surface area contributed by atoms with Crippen molar-refractivity contribution >= 4 is 0 Å². The molecule has 2 N–H and O–H groups in total. The molecule has 0 amide bonds. The molecule has 1 saturated heterocycles. The van der Waals surface area contributed by atoms with E-state index < -0.39 is 0 Å². The third-order valence-corrected chi connectivity index (χ3v) is 4.03. The molecule has 14 heavy (non-hydrogen) atoms. The lowest BCUT2D eigenvalue weighted by Crippen LogP contribution is -2.40. The predicted molar refractivity (Wildman–Crippen MR) is 60.2 cm³/mol. The lowest BCUT2D eigenvalue weighted by atomic mass is 10.0. The van der Waals surface area contributed by atoms with Crippen LogP contribution in [-0.2, 0) is 0 Å². The van der Waals surface area contributed by atoms with Crippen LogP contribution in [0.4, 0.5) is 0 Å². The summed E-state index contributed by atoms with van der Waals surface area (Å²) < 4.78 is 0. The van der Waals surface area contributed by atoms with Crippen LogP contribution in [0.1, 0.15) is 46.0 Å². The molecule has 3 atom stereocenters. The van der Waals surface area contributed by atoms with Gasteiger partial charge >= 0.3 is 0 Å². The zero-order chi connectivity index (χ0) is 10.1. The number of likely N-dealkylation sites (tertiary alicyclic amines) is 1. The summed E-state index contributed by atoms with van der Waals surface area (Å²) in [6.45, 7) is 6.04. The average molecular weight is 196 g/mol. The fraction of sp³-hybridized carbons (Fsp3) is 1.00. The Bertz CT molecular complexity index is 191. The van der Waals surface area contributed by atoms with E-state index in [0.717, 1.165) is 18.0 Å². The van der Waals surface area contributed by atoms with Crippen LogP contribution in [0.2, 0.25) is 0 Å². The summed E-state index contributed by atoms with van der Waals surface area (Å²) in [5, 5.41) is 0. The molecule has 1 aliphatic carbocycles. The second-order valence-corrected chi connectivity index (χ2v) is 5.42. The van der Waals surface area contributed by atoms with Crippen LogP contribution in [-0.4, -0.2) is 29.6 Å². The summed E-state index contributed by atoms with van der Waals surface area (Å²) in [6, 6.07) is 2.12. The predicted octanol–water partition coefficient (Wildman–Crippen LogP) is 1.99. The quantitative estimate of drug-likeness (QED) is 0.732. The number of hydrogen-bond acceptors (Lipinski definition) is 2. The molecule has 0 aromatic rings. The first-order valence-corrected chi connectivity index (χ1v) is 6.20. The lowest BCUT2D eigenvalue weighted by molar-refractivity contribution is 0.147. The van der Waals surface area contributed by atoms with Crippen LogP contribution >= 0.6 is 0 Å². The molecule has 2 nitrogen and oxygen atoms in total. The van der Waals surface area contributed by atoms with Crippen LogP contribution in [0.15, 0.2) is 0 Å². The van der Waals surface area contributed by atoms with Gasteiger partial charge in [0.1, 0.15) is 0 Å². The molecule has 1 aliphatic heterocycles. The minimum atomic E-state index is 0.480. The van der Waals surface area contributed by atoms with E-state index in [1.54, 1.807) is 0 Å². The van der Waals surface area contributed by atoms with Crippen LogP contribution < -0.4 is 5.73 Å². The molecular formula is C12H24N2. The van der Waals surface area contributed by atoms with Gasteiger partial charge in [-0.3, -0.25) is 4.90 Å². The van der Waals surface area contributed by atoms with E-state index in [1.807, 2.05) is 0 Å². The fourth-order valence-electron chi connectivity index (χ4n) is 3.28. The van der Waals surface area contributed by atoms with Gasteiger partial charge < -0.3 is 5.73 Å². The van der Waals surface area contributed by atoms with E-state index in [1.165, 1.54) is 38.6 Å². The highest BCUT2D eigenvalue weighted by molar-refractivity contribution is 4.91. The molecule has 2 rings (SSSR count). The first kappa shape index (κ1) is 10.4. The molecule has 2 fully saturated rings. The average Bonchev–Trinajstić information content (AvgIpc) is 2.70. The Morgan fingerprint density at radius 2 is 2.00 bits per heavy atom. The van der Waals surface area contributed by atoms with E-state index in [9.17, 15) is 0 Å². The van der Waals surface area contributed by atoms with Gasteiger partial charge in [-0.15, -0.1) is 0 Å². The fourth-order valence-corrected chi connectivity index (χ4v) is 3.28. The van der Waals surface area contributed by atoms with Crippen molar-refractivity contribution in [1.82, 2.24) is 4.90 Å². The van der Waals surface area contributed by atoms with E-state index in [2.05, 4.69) is 18.7 Å². The Hall–Kier alpha value is -0.0800. The Labute approximate surface area is 87.8 Å². The van der Waals surface area contributed by atoms with Gasteiger partial charge in [-0.05, 0) is 44.6 Å². The summed E-state index contributed by atoms with van der Waals surface area (Å²) in [4.78, 5) is 2.75. The first-order valence-electron chi connectivity index (χ1n) is 6.20. The van der Waals surface area contributed by atoms with Gasteiger partial charge in [-0.1, -0.05) is 13.8 Å². The normalized spacial score (nSPS) is 39.9. The monoisotopic (exact) mass is 196 g/mol. The van der Waals surface area contributed by atoms with Crippen molar-refractivity contribution in [2.45, 2.75) is 64.1 Å². The number of nitrogens with zero attached hydrogens (tertiary/aromatic N) is 1. The highest BCUT2D eigenvalue weighted by Gasteiger charge is 2.35. The molecule has 0 spiro atoms. The van der Waals surface area contributed by atoms with E-state index >= 15 is 0 Å². The van der Waals surface area contributed by atoms with Gasteiger partial charge in [0.15, 0.2) is 0 Å². The Morgan fingerprint density at radius 3 is 2.57 bits per heavy atom. The number of rotatable bonds is 2. The smallest absolute Gasteiger partial charge is 0.0122 e. The van der Waals surface area contributed by atoms with Crippen LogP contribution in [0.5, 0.6) is 0 Å². The molecule has 0 bridgehead atoms. The maximum Gasteiger partial charge on any atom is 0.0122 e. The second kappa shape index (κ2) is 4.19. The van der Waals surface area contributed by atoms with Crippen molar-refractivity contribution in [3.05, 3.63) is 0 Å². The molecule has 1 saturated carbocycles. The van der Waals surface area contributed by atoms with Crippen molar-refractivity contribution in [3.63, 3.8) is 0 Å². The zero-order valence-corrected chi connectivity index (χ0v) is 9.58. The standard InChI is InChI=1S/C12H24N2/c1-9(2)12-4-3-7-14(12)11-6-5-10(13)8-11/h9-12H,3-8,13H2,1-2H3. The number of hydrogen-bond donors (Lipinski definition) is 1. The summed E-state index contributed by atoms with van der Waals surface area (Å²) in [7, 11) is 0. The molecule has 0 radical (unpaired) electrons. The van der Waals surface area contributed by atoms with Gasteiger partial charge in [0.25, 0.3) is 0 Å². The third-order valence-electron chi connectivity index (χ3n) is 4.03. The second-order valence-electron chi connectivity index (χ2n) is 5.42.